The summed E-state index contributed by atoms with van der Waals surface area (Å²) in [5, 5.41) is 0. The normalized spacial score (nSPS) is 18.7. The van der Waals surface area contributed by atoms with Crippen LogP contribution in [-0.4, -0.2) is 81.1 Å². The van der Waals surface area contributed by atoms with Crippen LogP contribution in [0.1, 0.15) is 24.0 Å². The van der Waals surface area contributed by atoms with Crippen LogP contribution in [0.15, 0.2) is 41.3 Å². The molecule has 0 atom stereocenters. The molecular weight excluding hydrogens is 470 g/mol. The molecule has 0 aromatic heterocycles. The van der Waals surface area contributed by atoms with Crippen LogP contribution in [0.3, 0.4) is 0 Å². The van der Waals surface area contributed by atoms with E-state index in [4.69, 9.17) is 14.2 Å². The Kier molecular flexibility index (Phi) is 6.86. The van der Waals surface area contributed by atoms with Crippen LogP contribution < -0.4 is 14.2 Å². The van der Waals surface area contributed by atoms with Gasteiger partial charge in [-0.15, -0.1) is 0 Å². The third-order valence-electron chi connectivity index (χ3n) is 6.77. The number of fused-ring (bicyclic) bond motifs is 1. The first-order valence-electron chi connectivity index (χ1n) is 12.0. The molecule has 5 rings (SSSR count). The van der Waals surface area contributed by atoms with E-state index >= 15 is 0 Å². The molecule has 3 heterocycles. The minimum atomic E-state index is -3.47. The van der Waals surface area contributed by atoms with Gasteiger partial charge in [-0.1, -0.05) is 6.07 Å². The zero-order valence-corrected chi connectivity index (χ0v) is 20.8. The number of carbonyl (C=O) groups excluding carboxylic acids is 1. The summed E-state index contributed by atoms with van der Waals surface area (Å²) in [5.74, 6) is 2.02. The standard InChI is InChI=1S/C25H31N3O6S/c1-19-14-21(35(30,31)28-8-2-3-9-28)5-7-22(19)32-17-25(29)27-12-10-26(11-13-27)16-20-4-6-23-24(15-20)34-18-33-23/h4-7,14-15H,2-3,8-13,16-18H2,1H3. The maximum Gasteiger partial charge on any atom is 0.260 e. The van der Waals surface area contributed by atoms with Gasteiger partial charge in [0.15, 0.2) is 18.1 Å². The van der Waals surface area contributed by atoms with Gasteiger partial charge in [-0.05, 0) is 61.2 Å². The van der Waals surface area contributed by atoms with E-state index in [1.165, 1.54) is 4.31 Å². The van der Waals surface area contributed by atoms with Crippen LogP contribution in [0.4, 0.5) is 0 Å². The molecule has 0 bridgehead atoms. The molecule has 0 radical (unpaired) electrons. The second-order valence-electron chi connectivity index (χ2n) is 9.17. The summed E-state index contributed by atoms with van der Waals surface area (Å²) in [7, 11) is -3.47. The van der Waals surface area contributed by atoms with Crippen molar-refractivity contribution in [1.29, 1.82) is 0 Å². The Labute approximate surface area is 206 Å². The lowest BCUT2D eigenvalue weighted by Crippen LogP contribution is -2.49. The lowest BCUT2D eigenvalue weighted by Gasteiger charge is -2.34. The van der Waals surface area contributed by atoms with E-state index in [0.717, 1.165) is 49.5 Å². The second-order valence-corrected chi connectivity index (χ2v) is 11.1. The summed E-state index contributed by atoms with van der Waals surface area (Å²) >= 11 is 0. The summed E-state index contributed by atoms with van der Waals surface area (Å²) in [6.45, 7) is 6.77. The summed E-state index contributed by atoms with van der Waals surface area (Å²) in [5.41, 5.74) is 1.86. The van der Waals surface area contributed by atoms with E-state index in [1.54, 1.807) is 25.1 Å². The van der Waals surface area contributed by atoms with Gasteiger partial charge in [0.1, 0.15) is 5.75 Å². The fraction of sp³-hybridized carbons (Fsp3) is 0.480. The van der Waals surface area contributed by atoms with E-state index in [9.17, 15) is 13.2 Å². The van der Waals surface area contributed by atoms with Crippen molar-refractivity contribution in [1.82, 2.24) is 14.1 Å². The Morgan fingerprint density at radius 1 is 0.943 bits per heavy atom. The van der Waals surface area contributed by atoms with E-state index in [0.29, 0.717) is 37.5 Å². The highest BCUT2D eigenvalue weighted by atomic mass is 32.2. The number of ether oxygens (including phenoxy) is 3. The molecule has 35 heavy (non-hydrogen) atoms. The molecule has 0 N–H and O–H groups in total. The summed E-state index contributed by atoms with van der Waals surface area (Å²) in [6, 6.07) is 10.8. The Hall–Kier alpha value is -2.82. The molecule has 3 aliphatic rings. The van der Waals surface area contributed by atoms with Crippen LogP contribution in [0.25, 0.3) is 0 Å². The maximum absolute atomic E-state index is 12.8. The average molecular weight is 502 g/mol. The largest absolute Gasteiger partial charge is 0.483 e. The fourth-order valence-corrected chi connectivity index (χ4v) is 6.31. The van der Waals surface area contributed by atoms with Gasteiger partial charge in [0.2, 0.25) is 16.8 Å². The van der Waals surface area contributed by atoms with Gasteiger partial charge >= 0.3 is 0 Å². The monoisotopic (exact) mass is 501 g/mol. The number of aryl methyl sites for hydroxylation is 1. The first-order chi connectivity index (χ1) is 16.9. The minimum absolute atomic E-state index is 0.0682. The number of sulfonamides is 1. The molecule has 188 valence electrons. The third-order valence-corrected chi connectivity index (χ3v) is 8.66. The number of nitrogens with zero attached hydrogens (tertiary/aromatic N) is 3. The minimum Gasteiger partial charge on any atom is -0.483 e. The lowest BCUT2D eigenvalue weighted by molar-refractivity contribution is -0.135. The molecular formula is C25H31N3O6S. The van der Waals surface area contributed by atoms with Gasteiger partial charge in [-0.2, -0.15) is 4.31 Å². The molecule has 2 fully saturated rings. The Bertz CT molecular complexity index is 1190. The topological polar surface area (TPSA) is 88.6 Å². The molecule has 10 heteroatoms. The Morgan fingerprint density at radius 3 is 2.43 bits per heavy atom. The summed E-state index contributed by atoms with van der Waals surface area (Å²) < 4.78 is 43.7. The van der Waals surface area contributed by atoms with Gasteiger partial charge in [0.25, 0.3) is 5.91 Å². The van der Waals surface area contributed by atoms with Crippen LogP contribution in [0, 0.1) is 6.92 Å². The van der Waals surface area contributed by atoms with Crippen molar-refractivity contribution in [2.75, 3.05) is 52.7 Å². The van der Waals surface area contributed by atoms with Gasteiger partial charge < -0.3 is 19.1 Å². The van der Waals surface area contributed by atoms with E-state index in [-0.39, 0.29) is 24.2 Å². The summed E-state index contributed by atoms with van der Waals surface area (Å²) in [6.07, 6.45) is 1.79. The molecule has 1 amide bonds. The maximum atomic E-state index is 12.8. The molecule has 2 aromatic carbocycles. The molecule has 0 spiro atoms. The van der Waals surface area contributed by atoms with Crippen molar-refractivity contribution in [3.8, 4) is 17.2 Å². The number of hydrogen-bond acceptors (Lipinski definition) is 7. The first kappa shape index (κ1) is 23.9. The molecule has 0 aliphatic carbocycles. The number of rotatable bonds is 7. The number of piperazine rings is 1. The molecule has 3 aliphatic heterocycles. The number of hydrogen-bond donors (Lipinski definition) is 0. The van der Waals surface area contributed by atoms with Crippen molar-refractivity contribution in [3.05, 3.63) is 47.5 Å². The van der Waals surface area contributed by atoms with Gasteiger partial charge in [0.05, 0.1) is 4.90 Å². The zero-order valence-electron chi connectivity index (χ0n) is 19.9. The first-order valence-corrected chi connectivity index (χ1v) is 13.5. The van der Waals surface area contributed by atoms with E-state index in [2.05, 4.69) is 4.90 Å². The summed E-state index contributed by atoms with van der Waals surface area (Å²) in [4.78, 5) is 17.1. The van der Waals surface area contributed by atoms with Gasteiger partial charge in [-0.25, -0.2) is 8.42 Å². The molecule has 0 unspecified atom stereocenters. The van der Waals surface area contributed by atoms with Crippen molar-refractivity contribution < 1.29 is 27.4 Å². The highest BCUT2D eigenvalue weighted by Gasteiger charge is 2.28. The molecule has 2 aromatic rings. The van der Waals surface area contributed by atoms with E-state index < -0.39 is 10.0 Å². The predicted molar refractivity (Wildman–Crippen MR) is 129 cm³/mol. The molecule has 9 nitrogen and oxygen atoms in total. The quantitative estimate of drug-likeness (QED) is 0.575. The number of benzene rings is 2. The van der Waals surface area contributed by atoms with Crippen LogP contribution in [0.5, 0.6) is 17.2 Å². The highest BCUT2D eigenvalue weighted by molar-refractivity contribution is 7.89. The molecule has 0 saturated carbocycles. The van der Waals surface area contributed by atoms with E-state index in [1.807, 2.05) is 23.1 Å². The number of amides is 1. The third kappa shape index (κ3) is 5.24. The van der Waals surface area contributed by atoms with Crippen LogP contribution in [-0.2, 0) is 21.4 Å². The average Bonchev–Trinajstić information content (AvgIpc) is 3.56. The van der Waals surface area contributed by atoms with Gasteiger partial charge in [0, 0.05) is 45.8 Å². The van der Waals surface area contributed by atoms with Crippen molar-refractivity contribution in [2.45, 2.75) is 31.2 Å². The predicted octanol–water partition coefficient (Wildman–Crippen LogP) is 2.23. The highest BCUT2D eigenvalue weighted by Crippen LogP contribution is 2.33. The SMILES string of the molecule is Cc1cc(S(=O)(=O)N2CCCC2)ccc1OCC(=O)N1CCN(Cc2ccc3c(c2)OCO3)CC1. The fourth-order valence-electron chi connectivity index (χ4n) is 4.71. The lowest BCUT2D eigenvalue weighted by atomic mass is 10.1. The van der Waals surface area contributed by atoms with Crippen LogP contribution in [0.2, 0.25) is 0 Å². The smallest absolute Gasteiger partial charge is 0.260 e. The Morgan fingerprint density at radius 2 is 1.69 bits per heavy atom. The van der Waals surface area contributed by atoms with Crippen molar-refractivity contribution in [3.63, 3.8) is 0 Å². The zero-order chi connectivity index (χ0) is 24.4. The number of carbonyl (C=O) groups is 1. The molecule has 2 saturated heterocycles. The Balaban J connectivity index is 1.11. The van der Waals surface area contributed by atoms with Gasteiger partial charge in [-0.3, -0.25) is 9.69 Å². The van der Waals surface area contributed by atoms with Crippen molar-refractivity contribution in [2.24, 2.45) is 0 Å². The van der Waals surface area contributed by atoms with Crippen molar-refractivity contribution >= 4 is 15.9 Å². The van der Waals surface area contributed by atoms with Crippen LogP contribution >= 0.6 is 0 Å². The second kappa shape index (κ2) is 10.0.